The molecule has 0 saturated heterocycles. The molecule has 3 aromatic rings. The van der Waals surface area contributed by atoms with E-state index in [0.717, 1.165) is 24.3 Å². The molecule has 0 atom stereocenters. The van der Waals surface area contributed by atoms with E-state index in [1.165, 1.54) is 31.3 Å². The van der Waals surface area contributed by atoms with Crippen molar-refractivity contribution in [1.29, 1.82) is 0 Å². The zero-order chi connectivity index (χ0) is 18.4. The van der Waals surface area contributed by atoms with Crippen LogP contribution in [0.5, 0.6) is 0 Å². The van der Waals surface area contributed by atoms with Crippen LogP contribution in [0.4, 0.5) is 17.6 Å². The Morgan fingerprint density at radius 3 is 2.48 bits per heavy atom. The van der Waals surface area contributed by atoms with Crippen molar-refractivity contribution in [3.63, 3.8) is 0 Å². The Kier molecular flexibility index (Phi) is 3.98. The van der Waals surface area contributed by atoms with E-state index in [9.17, 15) is 22.4 Å². The van der Waals surface area contributed by atoms with Crippen LogP contribution in [0.1, 0.15) is 15.9 Å². The van der Waals surface area contributed by atoms with Crippen LogP contribution in [-0.4, -0.2) is 35.1 Å². The Balaban J connectivity index is 2.26. The van der Waals surface area contributed by atoms with E-state index >= 15 is 0 Å². The van der Waals surface area contributed by atoms with Gasteiger partial charge in [-0.25, -0.2) is 4.39 Å². The van der Waals surface area contributed by atoms with Gasteiger partial charge in [-0.3, -0.25) is 9.89 Å². The van der Waals surface area contributed by atoms with Crippen molar-refractivity contribution in [1.82, 2.24) is 15.1 Å². The molecule has 1 heterocycles. The van der Waals surface area contributed by atoms with Crippen LogP contribution in [0, 0.1) is 5.82 Å². The van der Waals surface area contributed by atoms with E-state index in [-0.39, 0.29) is 22.2 Å². The number of hydrogen-bond donors (Lipinski definition) is 1. The van der Waals surface area contributed by atoms with Gasteiger partial charge in [-0.1, -0.05) is 0 Å². The highest BCUT2D eigenvalue weighted by atomic mass is 19.4. The number of H-pyrrole nitrogens is 1. The normalized spacial score (nSPS) is 11.8. The third-order valence-corrected chi connectivity index (χ3v) is 3.75. The van der Waals surface area contributed by atoms with E-state index in [2.05, 4.69) is 10.2 Å². The second-order valence-electron chi connectivity index (χ2n) is 5.78. The quantitative estimate of drug-likeness (QED) is 0.707. The minimum absolute atomic E-state index is 0.0501. The number of nitrogens with one attached hydrogen (secondary N) is 1. The Morgan fingerprint density at radius 2 is 1.84 bits per heavy atom. The van der Waals surface area contributed by atoms with Gasteiger partial charge in [0.25, 0.3) is 5.91 Å². The molecule has 25 heavy (non-hydrogen) atoms. The summed E-state index contributed by atoms with van der Waals surface area (Å²) in [5.41, 5.74) is -0.346. The molecule has 3 rings (SSSR count). The summed E-state index contributed by atoms with van der Waals surface area (Å²) in [4.78, 5) is 13.3. The Morgan fingerprint density at radius 1 is 1.12 bits per heavy atom. The monoisotopic (exact) mass is 351 g/mol. The summed E-state index contributed by atoms with van der Waals surface area (Å²) in [6.45, 7) is 0. The van der Waals surface area contributed by atoms with Crippen molar-refractivity contribution in [3.8, 4) is 11.1 Å². The summed E-state index contributed by atoms with van der Waals surface area (Å²) in [6, 6.07) is 5.38. The van der Waals surface area contributed by atoms with Crippen LogP contribution in [0.15, 0.2) is 36.5 Å². The first-order valence-corrected chi connectivity index (χ1v) is 7.24. The fraction of sp³-hybridized carbons (Fsp3) is 0.176. The van der Waals surface area contributed by atoms with Gasteiger partial charge < -0.3 is 4.90 Å². The van der Waals surface area contributed by atoms with Crippen LogP contribution in [-0.2, 0) is 6.18 Å². The molecule has 8 heteroatoms. The van der Waals surface area contributed by atoms with Crippen molar-refractivity contribution >= 4 is 16.8 Å². The van der Waals surface area contributed by atoms with Gasteiger partial charge in [0.15, 0.2) is 0 Å². The van der Waals surface area contributed by atoms with Gasteiger partial charge in [0.05, 0.1) is 17.3 Å². The first-order chi connectivity index (χ1) is 11.7. The van der Waals surface area contributed by atoms with Crippen molar-refractivity contribution < 1.29 is 22.4 Å². The van der Waals surface area contributed by atoms with E-state index in [1.54, 1.807) is 0 Å². The molecule has 130 valence electrons. The Bertz CT molecular complexity index is 960. The number of amides is 1. The minimum atomic E-state index is -4.57. The molecule has 1 amide bonds. The topological polar surface area (TPSA) is 49.0 Å². The van der Waals surface area contributed by atoms with Gasteiger partial charge in [-0.2, -0.15) is 18.3 Å². The summed E-state index contributed by atoms with van der Waals surface area (Å²) >= 11 is 0. The largest absolute Gasteiger partial charge is 0.416 e. The van der Waals surface area contributed by atoms with Gasteiger partial charge in [0, 0.05) is 25.0 Å². The molecule has 0 spiro atoms. The van der Waals surface area contributed by atoms with Gasteiger partial charge in [-0.05, 0) is 41.5 Å². The highest BCUT2D eigenvalue weighted by molar-refractivity contribution is 5.99. The maximum absolute atomic E-state index is 14.0. The third kappa shape index (κ3) is 3.19. The maximum Gasteiger partial charge on any atom is 0.416 e. The number of carbonyl (C=O) groups excluding carboxylic acids is 1. The standard InChI is InChI=1S/C17H13F4N3O/c1-24(2)16(25)10-3-9(4-12(18)5-10)13-6-11(17(19,20)21)7-15-14(13)8-22-23-15/h3-8H,1-2H3,(H,22,23). The second kappa shape index (κ2) is 5.87. The van der Waals surface area contributed by atoms with Crippen LogP contribution in [0.2, 0.25) is 0 Å². The molecule has 0 saturated carbocycles. The summed E-state index contributed by atoms with van der Waals surface area (Å²) in [5, 5.41) is 6.66. The fourth-order valence-corrected chi connectivity index (χ4v) is 2.58. The first-order valence-electron chi connectivity index (χ1n) is 7.24. The summed E-state index contributed by atoms with van der Waals surface area (Å²) in [5.74, 6) is -1.16. The molecular formula is C17H13F4N3O. The van der Waals surface area contributed by atoms with Crippen LogP contribution in [0.3, 0.4) is 0 Å². The Labute approximate surface area is 140 Å². The smallest absolute Gasteiger partial charge is 0.345 e. The third-order valence-electron chi connectivity index (χ3n) is 3.75. The van der Waals surface area contributed by atoms with E-state index < -0.39 is 23.5 Å². The molecule has 4 nitrogen and oxygen atoms in total. The molecule has 0 fully saturated rings. The number of fused-ring (bicyclic) bond motifs is 1. The van der Waals surface area contributed by atoms with Crippen LogP contribution in [0.25, 0.3) is 22.0 Å². The highest BCUT2D eigenvalue weighted by Gasteiger charge is 2.32. The zero-order valence-corrected chi connectivity index (χ0v) is 13.3. The van der Waals surface area contributed by atoms with Gasteiger partial charge in [0.1, 0.15) is 5.82 Å². The lowest BCUT2D eigenvalue weighted by atomic mass is 9.97. The molecule has 0 aliphatic heterocycles. The summed E-state index contributed by atoms with van der Waals surface area (Å²) in [7, 11) is 3.01. The van der Waals surface area contributed by atoms with E-state index in [0.29, 0.717) is 5.39 Å². The minimum Gasteiger partial charge on any atom is -0.345 e. The maximum atomic E-state index is 14.0. The molecule has 0 aliphatic rings. The highest BCUT2D eigenvalue weighted by Crippen LogP contribution is 2.37. The summed E-state index contributed by atoms with van der Waals surface area (Å²) < 4.78 is 53.4. The molecular weight excluding hydrogens is 338 g/mol. The van der Waals surface area contributed by atoms with Crippen molar-refractivity contribution in [2.45, 2.75) is 6.18 Å². The van der Waals surface area contributed by atoms with Crippen LogP contribution >= 0.6 is 0 Å². The lowest BCUT2D eigenvalue weighted by Crippen LogP contribution is -2.21. The number of carbonyl (C=O) groups is 1. The van der Waals surface area contributed by atoms with Crippen molar-refractivity contribution in [2.24, 2.45) is 0 Å². The van der Waals surface area contributed by atoms with Crippen molar-refractivity contribution in [3.05, 3.63) is 53.5 Å². The summed E-state index contributed by atoms with van der Waals surface area (Å²) in [6.07, 6.45) is -3.20. The zero-order valence-electron chi connectivity index (χ0n) is 13.3. The number of alkyl halides is 3. The number of rotatable bonds is 2. The van der Waals surface area contributed by atoms with Gasteiger partial charge >= 0.3 is 6.18 Å². The average molecular weight is 351 g/mol. The molecule has 0 bridgehead atoms. The molecule has 0 aliphatic carbocycles. The molecule has 0 radical (unpaired) electrons. The van der Waals surface area contributed by atoms with E-state index in [1.807, 2.05) is 0 Å². The molecule has 1 aromatic heterocycles. The van der Waals surface area contributed by atoms with Gasteiger partial charge in [0.2, 0.25) is 0 Å². The SMILES string of the molecule is CN(C)C(=O)c1cc(F)cc(-c2cc(C(F)(F)F)cc3[nH]ncc23)c1. The molecule has 1 N–H and O–H groups in total. The van der Waals surface area contributed by atoms with E-state index in [4.69, 9.17) is 0 Å². The first kappa shape index (κ1) is 16.9. The number of nitrogens with zero attached hydrogens (tertiary/aromatic N) is 2. The average Bonchev–Trinajstić information content (AvgIpc) is 3.00. The number of aromatic nitrogens is 2. The Hall–Kier alpha value is -2.90. The predicted octanol–water partition coefficient (Wildman–Crippen LogP) is 4.09. The molecule has 0 unspecified atom stereocenters. The number of halogens is 4. The van der Waals surface area contributed by atoms with Crippen LogP contribution < -0.4 is 0 Å². The van der Waals surface area contributed by atoms with Crippen molar-refractivity contribution in [2.75, 3.05) is 14.1 Å². The van der Waals surface area contributed by atoms with Gasteiger partial charge in [-0.15, -0.1) is 0 Å². The second-order valence-corrected chi connectivity index (χ2v) is 5.78. The number of hydrogen-bond acceptors (Lipinski definition) is 2. The number of benzene rings is 2. The fourth-order valence-electron chi connectivity index (χ4n) is 2.58. The lowest BCUT2D eigenvalue weighted by Gasteiger charge is -2.13. The molecule has 2 aromatic carbocycles. The number of aromatic amines is 1. The lowest BCUT2D eigenvalue weighted by molar-refractivity contribution is -0.137. The predicted molar refractivity (Wildman–Crippen MR) is 84.5 cm³/mol.